The van der Waals surface area contributed by atoms with Crippen LogP contribution in [0.1, 0.15) is 25.7 Å². The van der Waals surface area contributed by atoms with E-state index >= 15 is 0 Å². The van der Waals surface area contributed by atoms with Crippen LogP contribution in [-0.2, 0) is 10.1 Å². The van der Waals surface area contributed by atoms with Crippen LogP contribution in [0, 0.1) is 6.42 Å². The minimum atomic E-state index is -3.75. The fourth-order valence-corrected chi connectivity index (χ4v) is 2.37. The first-order valence-corrected chi connectivity index (χ1v) is 6.74. The van der Waals surface area contributed by atoms with Gasteiger partial charge in [0, 0.05) is 12.4 Å². The van der Waals surface area contributed by atoms with Crippen molar-refractivity contribution in [1.82, 2.24) is 4.98 Å². The SMILES string of the molecule is O=S(=O)(O)C1CC[CH-]CC1.[Cl-].[Cl-].[Cl-].[Sb+3].c1ccncc1. The van der Waals surface area contributed by atoms with E-state index in [4.69, 9.17) is 4.55 Å². The van der Waals surface area contributed by atoms with Gasteiger partial charge in [-0.15, -0.1) is 0 Å². The van der Waals surface area contributed by atoms with E-state index in [-0.39, 0.29) is 61.6 Å². The molecule has 1 aliphatic carbocycles. The number of pyridine rings is 1. The van der Waals surface area contributed by atoms with Crippen molar-refractivity contribution in [3.8, 4) is 0 Å². The molecule has 1 aliphatic rings. The molecule has 0 unspecified atom stereocenters. The molecule has 9 heteroatoms. The Morgan fingerprint density at radius 3 is 1.65 bits per heavy atom. The number of rotatable bonds is 1. The molecule has 1 aromatic heterocycles. The molecule has 116 valence electrons. The van der Waals surface area contributed by atoms with Gasteiger partial charge in [0.15, 0.2) is 0 Å². The van der Waals surface area contributed by atoms with Gasteiger partial charge < -0.3 is 43.6 Å². The molecule has 1 aromatic rings. The van der Waals surface area contributed by atoms with Gasteiger partial charge in [-0.2, -0.15) is 21.3 Å². The van der Waals surface area contributed by atoms with Gasteiger partial charge in [0.1, 0.15) is 0 Å². The predicted molar refractivity (Wildman–Crippen MR) is 68.1 cm³/mol. The maximum Gasteiger partial charge on any atom is 3.00 e. The van der Waals surface area contributed by atoms with E-state index in [2.05, 4.69) is 11.4 Å². The van der Waals surface area contributed by atoms with E-state index in [0.29, 0.717) is 12.8 Å². The molecule has 0 saturated heterocycles. The molecular weight excluding hydrogens is 454 g/mol. The standard InChI is InChI=1S/C6H11O3S.C5H5N.3ClH.Sb/c7-10(8,9)6-4-2-1-3-5-6;1-2-4-6-5-3-1;;;;/h1,6H,2-5H2,(H,7,8,9);1-5H;3*1H;/q-1;;;;;+3/p-3. The number of hydrogen-bond acceptors (Lipinski definition) is 3. The first-order valence-electron chi connectivity index (χ1n) is 5.23. The third-order valence-electron chi connectivity index (χ3n) is 2.37. The van der Waals surface area contributed by atoms with E-state index in [1.54, 1.807) is 12.4 Å². The van der Waals surface area contributed by atoms with E-state index in [0.717, 1.165) is 12.8 Å². The summed E-state index contributed by atoms with van der Waals surface area (Å²) in [7, 11) is -3.75. The van der Waals surface area contributed by atoms with Crippen molar-refractivity contribution in [2.45, 2.75) is 30.9 Å². The molecule has 2 rings (SSSR count). The third-order valence-corrected chi connectivity index (χ3v) is 3.69. The summed E-state index contributed by atoms with van der Waals surface area (Å²) in [6, 6.07) is 5.72. The van der Waals surface area contributed by atoms with Crippen LogP contribution >= 0.6 is 0 Å². The van der Waals surface area contributed by atoms with E-state index in [1.165, 1.54) is 0 Å². The van der Waals surface area contributed by atoms with Crippen LogP contribution in [0.3, 0.4) is 0 Å². The van der Waals surface area contributed by atoms with E-state index in [1.807, 2.05) is 18.2 Å². The molecule has 20 heavy (non-hydrogen) atoms. The van der Waals surface area contributed by atoms with Gasteiger partial charge in [0.05, 0.1) is 5.25 Å². The van der Waals surface area contributed by atoms with Gasteiger partial charge in [-0.05, 0) is 12.1 Å². The average Bonchev–Trinajstić information content (AvgIpc) is 2.32. The first kappa shape index (κ1) is 28.8. The summed E-state index contributed by atoms with van der Waals surface area (Å²) in [5.41, 5.74) is 0. The van der Waals surface area contributed by atoms with Crippen LogP contribution in [0.4, 0.5) is 0 Å². The van der Waals surface area contributed by atoms with Crippen molar-refractivity contribution in [2.75, 3.05) is 0 Å². The second-order valence-corrected chi connectivity index (χ2v) is 5.30. The fraction of sp³-hybridized carbons (Fsp3) is 0.455. The molecule has 1 saturated carbocycles. The molecule has 2 radical (unpaired) electrons. The molecular formula is C11H16Cl3NO3SSb-. The van der Waals surface area contributed by atoms with Crippen molar-refractivity contribution < 1.29 is 50.2 Å². The number of aromatic nitrogens is 1. The van der Waals surface area contributed by atoms with Crippen molar-refractivity contribution in [3.63, 3.8) is 0 Å². The molecule has 0 amide bonds. The quantitative estimate of drug-likeness (QED) is 0.252. The summed E-state index contributed by atoms with van der Waals surface area (Å²) in [4.78, 5) is 3.78. The number of nitrogens with zero attached hydrogens (tertiary/aromatic N) is 1. The summed E-state index contributed by atoms with van der Waals surface area (Å²) in [5, 5.41) is -0.502. The van der Waals surface area contributed by atoms with E-state index in [9.17, 15) is 8.42 Å². The van der Waals surface area contributed by atoms with Gasteiger partial charge in [0.2, 0.25) is 0 Å². The van der Waals surface area contributed by atoms with Crippen LogP contribution in [0.2, 0.25) is 0 Å². The smallest absolute Gasteiger partial charge is 1.00 e. The summed E-state index contributed by atoms with van der Waals surface area (Å²) in [6.45, 7) is 0. The Balaban J connectivity index is -0.000000114. The van der Waals surface area contributed by atoms with Crippen molar-refractivity contribution in [1.29, 1.82) is 0 Å². The van der Waals surface area contributed by atoms with Crippen molar-refractivity contribution >= 4 is 34.5 Å². The molecule has 0 bridgehead atoms. The Hall–Kier alpha value is 0.748. The Bertz CT molecular complexity index is 362. The van der Waals surface area contributed by atoms with Gasteiger partial charge in [-0.25, -0.2) is 0 Å². The topological polar surface area (TPSA) is 67.3 Å². The normalized spacial score (nSPS) is 13.8. The van der Waals surface area contributed by atoms with Crippen LogP contribution in [0.25, 0.3) is 0 Å². The van der Waals surface area contributed by atoms with Crippen LogP contribution in [-0.4, -0.2) is 47.6 Å². The van der Waals surface area contributed by atoms with Gasteiger partial charge in [-0.1, -0.05) is 18.9 Å². The molecule has 1 fully saturated rings. The summed E-state index contributed by atoms with van der Waals surface area (Å²) < 4.78 is 29.7. The predicted octanol–water partition coefficient (Wildman–Crippen LogP) is -7.27. The maximum atomic E-state index is 10.5. The second kappa shape index (κ2) is 16.1. The van der Waals surface area contributed by atoms with E-state index < -0.39 is 15.4 Å². The van der Waals surface area contributed by atoms with Gasteiger partial charge in [-0.3, -0.25) is 9.54 Å². The molecule has 0 aromatic carbocycles. The average molecular weight is 470 g/mol. The minimum absolute atomic E-state index is 0. The number of hydrogen-bond donors (Lipinski definition) is 1. The van der Waals surface area contributed by atoms with Gasteiger partial charge in [0.25, 0.3) is 10.1 Å². The van der Waals surface area contributed by atoms with Crippen molar-refractivity contribution in [2.24, 2.45) is 0 Å². The maximum absolute atomic E-state index is 10.5. The van der Waals surface area contributed by atoms with Crippen LogP contribution in [0.15, 0.2) is 30.6 Å². The molecule has 0 aliphatic heterocycles. The monoisotopic (exact) mass is 468 g/mol. The summed E-state index contributed by atoms with van der Waals surface area (Å²) in [5.74, 6) is 0. The summed E-state index contributed by atoms with van der Waals surface area (Å²) in [6.07, 6.45) is 8.34. The zero-order valence-electron chi connectivity index (χ0n) is 10.6. The first-order chi connectivity index (χ1) is 7.61. The third kappa shape index (κ3) is 13.7. The molecule has 0 atom stereocenters. The molecule has 0 spiro atoms. The van der Waals surface area contributed by atoms with Crippen LogP contribution in [0.5, 0.6) is 0 Å². The molecule has 1 heterocycles. The second-order valence-electron chi connectivity index (χ2n) is 3.60. The zero-order valence-corrected chi connectivity index (χ0v) is 16.2. The van der Waals surface area contributed by atoms with Crippen molar-refractivity contribution in [3.05, 3.63) is 37.0 Å². The fourth-order valence-electron chi connectivity index (χ4n) is 1.51. The Morgan fingerprint density at radius 1 is 1.00 bits per heavy atom. The molecule has 1 N–H and O–H groups in total. The summed E-state index contributed by atoms with van der Waals surface area (Å²) >= 11 is 0. The van der Waals surface area contributed by atoms with Gasteiger partial charge >= 0.3 is 24.4 Å². The largest absolute Gasteiger partial charge is 3.00 e. The zero-order chi connectivity index (χ0) is 11.9. The van der Waals surface area contributed by atoms with Crippen LogP contribution < -0.4 is 37.2 Å². The Kier molecular flexibility index (Phi) is 23.3. The minimum Gasteiger partial charge on any atom is -1.00 e. The molecule has 4 nitrogen and oxygen atoms in total. The number of halogens is 3. The Labute approximate surface area is 156 Å². The Morgan fingerprint density at radius 2 is 1.45 bits per heavy atom.